The number of nitrogens with one attached hydrogen (secondary N) is 1. The molecule has 2 nitrogen and oxygen atoms in total. The van der Waals surface area contributed by atoms with Crippen molar-refractivity contribution in [3.63, 3.8) is 0 Å². The Balaban J connectivity index is 3.06. The topological polar surface area (TPSA) is 21.3 Å². The number of unbranched alkanes of at least 4 members (excludes halogenated alkanes) is 3. The van der Waals surface area contributed by atoms with Gasteiger partial charge < -0.3 is 10.1 Å². The van der Waals surface area contributed by atoms with E-state index in [0.29, 0.717) is 6.10 Å². The largest absolute Gasteiger partial charge is 0.379 e. The van der Waals surface area contributed by atoms with E-state index in [1.807, 2.05) is 7.05 Å². The lowest BCUT2D eigenvalue weighted by Crippen LogP contribution is -2.14. The van der Waals surface area contributed by atoms with Crippen LogP contribution in [0.4, 0.5) is 0 Å². The highest BCUT2D eigenvalue weighted by Gasteiger charge is 2.00. The van der Waals surface area contributed by atoms with Crippen LogP contribution in [0.25, 0.3) is 0 Å². The Bertz CT molecular complexity index is 106. The van der Waals surface area contributed by atoms with E-state index in [0.717, 1.165) is 13.2 Å². The first-order valence-corrected chi connectivity index (χ1v) is 6.07. The number of rotatable bonds is 10. The maximum absolute atomic E-state index is 5.71. The molecule has 86 valence electrons. The Labute approximate surface area is 89.4 Å². The zero-order valence-corrected chi connectivity index (χ0v) is 10.1. The highest BCUT2D eigenvalue weighted by Crippen LogP contribution is 2.04. The van der Waals surface area contributed by atoms with Gasteiger partial charge in [0.15, 0.2) is 0 Å². The number of hydrogen-bond acceptors (Lipinski definition) is 2. The first-order valence-electron chi connectivity index (χ1n) is 6.07. The number of ether oxygens (including phenoxy) is 1. The van der Waals surface area contributed by atoms with E-state index in [9.17, 15) is 0 Å². The van der Waals surface area contributed by atoms with Crippen molar-refractivity contribution >= 4 is 0 Å². The van der Waals surface area contributed by atoms with Crippen molar-refractivity contribution in [1.82, 2.24) is 5.32 Å². The minimum atomic E-state index is 0.435. The molecule has 0 bridgehead atoms. The molecule has 0 amide bonds. The van der Waals surface area contributed by atoms with Gasteiger partial charge in [-0.3, -0.25) is 0 Å². The fourth-order valence-corrected chi connectivity index (χ4v) is 1.46. The molecule has 0 radical (unpaired) electrons. The zero-order valence-electron chi connectivity index (χ0n) is 10.1. The molecular formula is C12H27NO. The maximum Gasteiger partial charge on any atom is 0.0547 e. The Morgan fingerprint density at radius 2 is 1.93 bits per heavy atom. The fraction of sp³-hybridized carbons (Fsp3) is 1.00. The molecule has 0 spiro atoms. The lowest BCUT2D eigenvalue weighted by molar-refractivity contribution is 0.0563. The van der Waals surface area contributed by atoms with E-state index in [1.54, 1.807) is 0 Å². The molecular weight excluding hydrogens is 174 g/mol. The average Bonchev–Trinajstić information content (AvgIpc) is 2.18. The van der Waals surface area contributed by atoms with Crippen LogP contribution in [0.15, 0.2) is 0 Å². The van der Waals surface area contributed by atoms with Crippen LogP contribution in [0.3, 0.4) is 0 Å². The fourth-order valence-electron chi connectivity index (χ4n) is 1.46. The van der Waals surface area contributed by atoms with E-state index < -0.39 is 0 Å². The van der Waals surface area contributed by atoms with E-state index in [1.165, 1.54) is 38.5 Å². The van der Waals surface area contributed by atoms with Crippen molar-refractivity contribution in [3.05, 3.63) is 0 Å². The third-order valence-corrected chi connectivity index (χ3v) is 2.44. The predicted molar refractivity (Wildman–Crippen MR) is 62.7 cm³/mol. The van der Waals surface area contributed by atoms with Gasteiger partial charge in [0, 0.05) is 6.61 Å². The third-order valence-electron chi connectivity index (χ3n) is 2.44. The molecule has 1 atom stereocenters. The second-order valence-corrected chi connectivity index (χ2v) is 3.99. The van der Waals surface area contributed by atoms with Crippen LogP contribution in [0.5, 0.6) is 0 Å². The Morgan fingerprint density at radius 1 is 1.14 bits per heavy atom. The third kappa shape index (κ3) is 10.0. The molecule has 0 aromatic heterocycles. The summed E-state index contributed by atoms with van der Waals surface area (Å²) in [4.78, 5) is 0. The van der Waals surface area contributed by atoms with E-state index in [2.05, 4.69) is 19.2 Å². The second kappa shape index (κ2) is 11.0. The van der Waals surface area contributed by atoms with Crippen LogP contribution in [0.1, 0.15) is 52.4 Å². The van der Waals surface area contributed by atoms with Crippen molar-refractivity contribution in [2.75, 3.05) is 20.2 Å². The van der Waals surface area contributed by atoms with Gasteiger partial charge in [-0.25, -0.2) is 0 Å². The predicted octanol–water partition coefficient (Wildman–Crippen LogP) is 2.97. The van der Waals surface area contributed by atoms with Gasteiger partial charge >= 0.3 is 0 Å². The Morgan fingerprint density at radius 3 is 2.57 bits per heavy atom. The Hall–Kier alpha value is -0.0800. The Kier molecular flexibility index (Phi) is 10.9. The highest BCUT2D eigenvalue weighted by atomic mass is 16.5. The molecule has 14 heavy (non-hydrogen) atoms. The van der Waals surface area contributed by atoms with Crippen LogP contribution in [-0.4, -0.2) is 26.3 Å². The molecule has 1 unspecified atom stereocenters. The summed E-state index contributed by atoms with van der Waals surface area (Å²) in [6.45, 7) is 6.46. The molecule has 0 aliphatic carbocycles. The van der Waals surface area contributed by atoms with Crippen LogP contribution >= 0.6 is 0 Å². The summed E-state index contributed by atoms with van der Waals surface area (Å²) in [6, 6.07) is 0. The van der Waals surface area contributed by atoms with Crippen LogP contribution in [0, 0.1) is 0 Å². The standard InChI is InChI=1S/C12H27NO/c1-4-5-6-7-11-14-12(2)9-8-10-13-3/h12-13H,4-11H2,1-3H3. The minimum Gasteiger partial charge on any atom is -0.379 e. The summed E-state index contributed by atoms with van der Waals surface area (Å²) < 4.78 is 5.71. The van der Waals surface area contributed by atoms with Gasteiger partial charge in [0.25, 0.3) is 0 Å². The monoisotopic (exact) mass is 201 g/mol. The quantitative estimate of drug-likeness (QED) is 0.549. The van der Waals surface area contributed by atoms with Gasteiger partial charge in [-0.2, -0.15) is 0 Å². The maximum atomic E-state index is 5.71. The lowest BCUT2D eigenvalue weighted by Gasteiger charge is -2.12. The smallest absolute Gasteiger partial charge is 0.0547 e. The first kappa shape index (κ1) is 13.9. The van der Waals surface area contributed by atoms with Gasteiger partial charge in [0.2, 0.25) is 0 Å². The van der Waals surface area contributed by atoms with Crippen LogP contribution < -0.4 is 5.32 Å². The van der Waals surface area contributed by atoms with Crippen LogP contribution in [-0.2, 0) is 4.74 Å². The van der Waals surface area contributed by atoms with E-state index >= 15 is 0 Å². The van der Waals surface area contributed by atoms with Gasteiger partial charge in [-0.1, -0.05) is 26.2 Å². The SMILES string of the molecule is CCCCCCOC(C)CCCNC. The van der Waals surface area contributed by atoms with Crippen LogP contribution in [0.2, 0.25) is 0 Å². The van der Waals surface area contributed by atoms with Crippen molar-refractivity contribution in [3.8, 4) is 0 Å². The normalized spacial score (nSPS) is 13.1. The molecule has 1 N–H and O–H groups in total. The van der Waals surface area contributed by atoms with Crippen molar-refractivity contribution in [1.29, 1.82) is 0 Å². The summed E-state index contributed by atoms with van der Waals surface area (Å²) in [5.41, 5.74) is 0. The molecule has 2 heteroatoms. The van der Waals surface area contributed by atoms with Crippen molar-refractivity contribution < 1.29 is 4.74 Å². The second-order valence-electron chi connectivity index (χ2n) is 3.99. The van der Waals surface area contributed by atoms with Crippen molar-refractivity contribution in [2.24, 2.45) is 0 Å². The van der Waals surface area contributed by atoms with Gasteiger partial charge in [0.05, 0.1) is 6.10 Å². The molecule has 0 fully saturated rings. The lowest BCUT2D eigenvalue weighted by atomic mass is 10.2. The average molecular weight is 201 g/mol. The summed E-state index contributed by atoms with van der Waals surface area (Å²) in [5, 5.41) is 3.15. The number of hydrogen-bond donors (Lipinski definition) is 1. The molecule has 0 rings (SSSR count). The molecule has 0 aliphatic heterocycles. The molecule has 0 aromatic carbocycles. The van der Waals surface area contributed by atoms with Crippen molar-refractivity contribution in [2.45, 2.75) is 58.5 Å². The summed E-state index contributed by atoms with van der Waals surface area (Å²) in [7, 11) is 2.00. The summed E-state index contributed by atoms with van der Waals surface area (Å²) in [6.07, 6.45) is 8.02. The minimum absolute atomic E-state index is 0.435. The van der Waals surface area contributed by atoms with Gasteiger partial charge in [-0.05, 0) is 39.8 Å². The highest BCUT2D eigenvalue weighted by molar-refractivity contribution is 4.52. The molecule has 0 saturated carbocycles. The molecule has 0 aromatic rings. The zero-order chi connectivity index (χ0) is 10.6. The summed E-state index contributed by atoms with van der Waals surface area (Å²) in [5.74, 6) is 0. The molecule has 0 aliphatic rings. The van der Waals surface area contributed by atoms with Gasteiger partial charge in [-0.15, -0.1) is 0 Å². The summed E-state index contributed by atoms with van der Waals surface area (Å²) >= 11 is 0. The first-order chi connectivity index (χ1) is 6.81. The van der Waals surface area contributed by atoms with E-state index in [-0.39, 0.29) is 0 Å². The molecule has 0 saturated heterocycles. The van der Waals surface area contributed by atoms with Gasteiger partial charge in [0.1, 0.15) is 0 Å². The van der Waals surface area contributed by atoms with E-state index in [4.69, 9.17) is 4.74 Å². The molecule has 0 heterocycles.